The van der Waals surface area contributed by atoms with Crippen molar-refractivity contribution in [3.05, 3.63) is 14.7 Å². The Hall–Kier alpha value is 0.730. The summed E-state index contributed by atoms with van der Waals surface area (Å²) in [4.78, 5) is 1.16. The topological polar surface area (TPSA) is 37.4 Å². The van der Waals surface area contributed by atoms with Gasteiger partial charge in [0.1, 0.15) is 4.90 Å². The maximum atomic E-state index is 12.5. The molecule has 0 N–H and O–H groups in total. The summed E-state index contributed by atoms with van der Waals surface area (Å²) in [5.74, 6) is 1.27. The van der Waals surface area contributed by atoms with E-state index in [9.17, 15) is 8.42 Å². The lowest BCUT2D eigenvalue weighted by molar-refractivity contribution is 0.382. The minimum Gasteiger partial charge on any atom is -0.207 e. The molecule has 1 aromatic heterocycles. The second kappa shape index (κ2) is 7.66. The second-order valence-corrected chi connectivity index (χ2v) is 9.81. The number of thioether (sulfide) groups is 1. The Morgan fingerprint density at radius 2 is 2.21 bits per heavy atom. The highest BCUT2D eigenvalue weighted by Gasteiger charge is 2.28. The van der Waals surface area contributed by atoms with Crippen molar-refractivity contribution in [2.75, 3.05) is 19.1 Å². The first-order valence-electron chi connectivity index (χ1n) is 5.65. The van der Waals surface area contributed by atoms with Crippen LogP contribution in [0.4, 0.5) is 0 Å². The molecule has 0 saturated carbocycles. The van der Waals surface area contributed by atoms with Crippen molar-refractivity contribution < 1.29 is 8.42 Å². The Bertz CT molecular complexity index is 518. The Kier molecular flexibility index (Phi) is 7.17. The van der Waals surface area contributed by atoms with Gasteiger partial charge in [-0.2, -0.15) is 16.1 Å². The van der Waals surface area contributed by atoms with Crippen LogP contribution in [-0.4, -0.2) is 37.8 Å². The van der Waals surface area contributed by atoms with Gasteiger partial charge in [-0.15, -0.1) is 22.9 Å². The summed E-state index contributed by atoms with van der Waals surface area (Å²) in [6, 6.07) is 1.62. The van der Waals surface area contributed by atoms with Crippen molar-refractivity contribution in [3.8, 4) is 0 Å². The number of hydrogen-bond donors (Lipinski definition) is 0. The van der Waals surface area contributed by atoms with Gasteiger partial charge in [0.25, 0.3) is 0 Å². The summed E-state index contributed by atoms with van der Waals surface area (Å²) < 4.78 is 27.1. The quantitative estimate of drug-likeness (QED) is 0.642. The van der Waals surface area contributed by atoms with Crippen LogP contribution in [0.3, 0.4) is 0 Å². The predicted octanol–water partition coefficient (Wildman–Crippen LogP) is 4.01. The van der Waals surface area contributed by atoms with Crippen LogP contribution < -0.4 is 0 Å². The van der Waals surface area contributed by atoms with Crippen molar-refractivity contribution in [2.45, 2.75) is 30.2 Å². The van der Waals surface area contributed by atoms with Crippen LogP contribution in [0.15, 0.2) is 14.7 Å². The number of hydrogen-bond acceptors (Lipinski definition) is 4. The van der Waals surface area contributed by atoms with Crippen LogP contribution in [-0.2, 0) is 15.9 Å². The zero-order valence-corrected chi connectivity index (χ0v) is 15.8. The van der Waals surface area contributed by atoms with E-state index in [0.29, 0.717) is 14.6 Å². The molecule has 1 atom stereocenters. The van der Waals surface area contributed by atoms with Gasteiger partial charge in [-0.3, -0.25) is 0 Å². The normalized spacial score (nSPS) is 14.0. The summed E-state index contributed by atoms with van der Waals surface area (Å²) >= 11 is 12.1. The number of nitrogens with zero attached hydrogens (tertiary/aromatic N) is 1. The van der Waals surface area contributed by atoms with Crippen LogP contribution in [0.1, 0.15) is 18.2 Å². The molecule has 0 aliphatic carbocycles. The van der Waals surface area contributed by atoms with Crippen molar-refractivity contribution in [3.63, 3.8) is 0 Å². The van der Waals surface area contributed by atoms with Crippen LogP contribution >= 0.6 is 50.6 Å². The highest BCUT2D eigenvalue weighted by molar-refractivity contribution is 9.11. The molecule has 1 unspecified atom stereocenters. The molecule has 0 bridgehead atoms. The summed E-state index contributed by atoms with van der Waals surface area (Å²) in [5, 5.41) is 0. The average molecular weight is 407 g/mol. The van der Waals surface area contributed by atoms with Crippen molar-refractivity contribution in [1.29, 1.82) is 0 Å². The molecule has 0 aliphatic heterocycles. The minimum atomic E-state index is -3.46. The third-order valence-corrected chi connectivity index (χ3v) is 8.17. The summed E-state index contributed by atoms with van der Waals surface area (Å²) in [6.07, 6.45) is 2.85. The molecule has 0 amide bonds. The molecule has 0 spiro atoms. The molecule has 0 fully saturated rings. The second-order valence-electron chi connectivity index (χ2n) is 4.14. The largest absolute Gasteiger partial charge is 0.245 e. The number of alkyl halides is 1. The summed E-state index contributed by atoms with van der Waals surface area (Å²) in [5.41, 5.74) is 0. The standard InChI is InChI=1S/C11H17BrClNO2S3/c1-8(4-5-17-3)14(2)19(15,16)10-6-9(7-13)18-11(10)12/h6,8H,4-5,7H2,1-3H3. The fourth-order valence-electron chi connectivity index (χ4n) is 1.50. The van der Waals surface area contributed by atoms with Crippen molar-refractivity contribution in [1.82, 2.24) is 4.31 Å². The average Bonchev–Trinajstić information content (AvgIpc) is 2.76. The van der Waals surface area contributed by atoms with Gasteiger partial charge in [-0.1, -0.05) is 0 Å². The molecule has 3 nitrogen and oxygen atoms in total. The monoisotopic (exact) mass is 405 g/mol. The Morgan fingerprint density at radius 1 is 1.58 bits per heavy atom. The van der Waals surface area contributed by atoms with E-state index in [-0.39, 0.29) is 6.04 Å². The molecular weight excluding hydrogens is 390 g/mol. The van der Waals surface area contributed by atoms with Gasteiger partial charge in [-0.05, 0) is 47.3 Å². The Balaban J connectivity index is 2.99. The molecule has 1 heterocycles. The smallest absolute Gasteiger partial charge is 0.207 e. The molecule has 110 valence electrons. The first-order valence-corrected chi connectivity index (χ1v) is 10.6. The van der Waals surface area contributed by atoms with Crippen molar-refractivity contribution in [2.24, 2.45) is 0 Å². The van der Waals surface area contributed by atoms with Crippen LogP contribution in [0.25, 0.3) is 0 Å². The fraction of sp³-hybridized carbons (Fsp3) is 0.636. The third kappa shape index (κ3) is 4.35. The number of rotatable bonds is 7. The van der Waals surface area contributed by atoms with Crippen LogP contribution in [0, 0.1) is 0 Å². The molecule has 0 aromatic carbocycles. The van der Waals surface area contributed by atoms with Gasteiger partial charge in [0.15, 0.2) is 0 Å². The molecule has 1 aromatic rings. The Morgan fingerprint density at radius 3 is 2.68 bits per heavy atom. The highest BCUT2D eigenvalue weighted by Crippen LogP contribution is 2.34. The molecule has 0 radical (unpaired) electrons. The lowest BCUT2D eigenvalue weighted by atomic mass is 10.3. The van der Waals surface area contributed by atoms with E-state index in [1.807, 2.05) is 13.2 Å². The SMILES string of the molecule is CSCCC(C)N(C)S(=O)(=O)c1cc(CCl)sc1Br. The zero-order chi connectivity index (χ0) is 14.6. The highest BCUT2D eigenvalue weighted by atomic mass is 79.9. The summed E-state index contributed by atoms with van der Waals surface area (Å²) in [7, 11) is -1.83. The third-order valence-electron chi connectivity index (χ3n) is 2.86. The molecule has 0 saturated heterocycles. The van der Waals surface area contributed by atoms with E-state index in [2.05, 4.69) is 15.9 Å². The van der Waals surface area contributed by atoms with Gasteiger partial charge in [-0.25, -0.2) is 8.42 Å². The Labute approximate surface area is 136 Å². The predicted molar refractivity (Wildman–Crippen MR) is 89.0 cm³/mol. The van der Waals surface area contributed by atoms with Crippen molar-refractivity contribution >= 4 is 60.7 Å². The fourth-order valence-corrected chi connectivity index (χ4v) is 6.19. The maximum Gasteiger partial charge on any atom is 0.245 e. The van der Waals surface area contributed by atoms with E-state index in [1.165, 1.54) is 15.6 Å². The van der Waals surface area contributed by atoms with E-state index in [4.69, 9.17) is 11.6 Å². The van der Waals surface area contributed by atoms with Crippen LogP contribution in [0.2, 0.25) is 0 Å². The number of sulfonamides is 1. The van der Waals surface area contributed by atoms with E-state index >= 15 is 0 Å². The molecule has 0 aliphatic rings. The van der Waals surface area contributed by atoms with Gasteiger partial charge in [0, 0.05) is 18.0 Å². The number of halogens is 2. The minimum absolute atomic E-state index is 0.0244. The number of thiophene rings is 1. The molecule has 1 rings (SSSR count). The first kappa shape index (κ1) is 17.8. The van der Waals surface area contributed by atoms with Gasteiger partial charge >= 0.3 is 0 Å². The van der Waals surface area contributed by atoms with E-state index < -0.39 is 10.0 Å². The first-order chi connectivity index (χ1) is 8.84. The lowest BCUT2D eigenvalue weighted by Crippen LogP contribution is -2.35. The van der Waals surface area contributed by atoms with E-state index in [0.717, 1.165) is 17.1 Å². The zero-order valence-electron chi connectivity index (χ0n) is 11.0. The van der Waals surface area contributed by atoms with Crippen LogP contribution in [0.5, 0.6) is 0 Å². The lowest BCUT2D eigenvalue weighted by Gasteiger charge is -2.23. The summed E-state index contributed by atoms with van der Waals surface area (Å²) in [6.45, 7) is 1.93. The maximum absolute atomic E-state index is 12.5. The molecule has 8 heteroatoms. The van der Waals surface area contributed by atoms with Gasteiger partial charge in [0.05, 0.1) is 9.67 Å². The molecule has 19 heavy (non-hydrogen) atoms. The van der Waals surface area contributed by atoms with E-state index in [1.54, 1.807) is 24.9 Å². The molecular formula is C11H17BrClNO2S3. The van der Waals surface area contributed by atoms with Gasteiger partial charge in [0.2, 0.25) is 10.0 Å². The van der Waals surface area contributed by atoms with Gasteiger partial charge < -0.3 is 0 Å².